The fraction of sp³-hybridized carbons (Fsp3) is 0.304. The number of carbonyl (C=O) groups excluding carboxylic acids is 1. The van der Waals surface area contributed by atoms with Gasteiger partial charge < -0.3 is 19.4 Å². The highest BCUT2D eigenvalue weighted by atomic mass is 32.2. The molecule has 0 radical (unpaired) electrons. The van der Waals surface area contributed by atoms with Crippen molar-refractivity contribution in [2.75, 3.05) is 26.1 Å². The maximum absolute atomic E-state index is 12.1. The van der Waals surface area contributed by atoms with E-state index >= 15 is 0 Å². The minimum absolute atomic E-state index is 0.00384. The Morgan fingerprint density at radius 3 is 2.11 bits per heavy atom. The number of hydrogen-bond donors (Lipinski definition) is 1. The van der Waals surface area contributed by atoms with E-state index in [-0.39, 0.29) is 29.3 Å². The van der Waals surface area contributed by atoms with E-state index in [2.05, 4.69) is 4.84 Å². The fourth-order valence-electron chi connectivity index (χ4n) is 3.08. The molecule has 2 aromatic rings. The molecule has 0 aliphatic heterocycles. The SMILES string of the molecule is CS(=O)(=O)c1ccc(/C(COC(=O)OCCCCCO[N+](=O)[O-])=C(/C(=O)O)c2ccccc2)cc1. The summed E-state index contributed by atoms with van der Waals surface area (Å²) in [4.78, 5) is 38.5. The molecule has 1 N–H and O–H groups in total. The van der Waals surface area contributed by atoms with Gasteiger partial charge in [0.2, 0.25) is 0 Å². The van der Waals surface area contributed by atoms with Crippen molar-refractivity contribution in [2.24, 2.45) is 0 Å². The molecule has 0 unspecified atom stereocenters. The number of unbranched alkanes of at least 4 members (excludes halogenated alkanes) is 2. The summed E-state index contributed by atoms with van der Waals surface area (Å²) in [6.45, 7) is -0.491. The van der Waals surface area contributed by atoms with Crippen molar-refractivity contribution in [3.05, 3.63) is 75.8 Å². The van der Waals surface area contributed by atoms with Gasteiger partial charge in [0.05, 0.1) is 23.7 Å². The third kappa shape index (κ3) is 9.08. The molecule has 0 aliphatic rings. The molecule has 0 aromatic heterocycles. The standard InChI is InChI=1S/C23H25NO10S/c1-35(30,31)19-12-10-17(11-13-19)20(21(22(25)26)18-8-4-2-5-9-18)16-33-23(27)32-14-6-3-7-15-34-24(28)29/h2,4-5,8-13H,3,6-7,14-16H2,1H3,(H,25,26)/b21-20+. The maximum atomic E-state index is 12.1. The fourth-order valence-corrected chi connectivity index (χ4v) is 3.71. The number of benzene rings is 2. The topological polar surface area (TPSA) is 159 Å². The molecule has 11 nitrogen and oxygen atoms in total. The summed E-state index contributed by atoms with van der Waals surface area (Å²) < 4.78 is 33.7. The lowest BCUT2D eigenvalue weighted by Crippen LogP contribution is -2.13. The van der Waals surface area contributed by atoms with Gasteiger partial charge in [-0.05, 0) is 42.5 Å². The van der Waals surface area contributed by atoms with E-state index in [1.807, 2.05) is 0 Å². The number of sulfone groups is 1. The van der Waals surface area contributed by atoms with Crippen LogP contribution >= 0.6 is 0 Å². The molecule has 0 heterocycles. The lowest BCUT2D eigenvalue weighted by atomic mass is 9.95. The molecule has 188 valence electrons. The van der Waals surface area contributed by atoms with Gasteiger partial charge in [-0.2, -0.15) is 0 Å². The van der Waals surface area contributed by atoms with Crippen LogP contribution in [0.1, 0.15) is 30.4 Å². The number of carboxylic acids is 1. The molecule has 35 heavy (non-hydrogen) atoms. The highest BCUT2D eigenvalue weighted by Crippen LogP contribution is 2.28. The Morgan fingerprint density at radius 1 is 0.914 bits per heavy atom. The monoisotopic (exact) mass is 507 g/mol. The first-order chi connectivity index (χ1) is 16.6. The second-order valence-corrected chi connectivity index (χ2v) is 9.34. The predicted molar refractivity (Wildman–Crippen MR) is 125 cm³/mol. The van der Waals surface area contributed by atoms with Crippen molar-refractivity contribution in [2.45, 2.75) is 24.2 Å². The second-order valence-electron chi connectivity index (χ2n) is 7.33. The van der Waals surface area contributed by atoms with Gasteiger partial charge in [0, 0.05) is 11.8 Å². The van der Waals surface area contributed by atoms with Gasteiger partial charge in [-0.15, -0.1) is 10.1 Å². The normalized spacial score (nSPS) is 11.8. The van der Waals surface area contributed by atoms with E-state index in [1.54, 1.807) is 30.3 Å². The van der Waals surface area contributed by atoms with Gasteiger partial charge in [-0.25, -0.2) is 18.0 Å². The quantitative estimate of drug-likeness (QED) is 0.106. The highest BCUT2D eigenvalue weighted by Gasteiger charge is 2.21. The smallest absolute Gasteiger partial charge is 0.478 e. The van der Waals surface area contributed by atoms with E-state index in [4.69, 9.17) is 9.47 Å². The average Bonchev–Trinajstić information content (AvgIpc) is 2.80. The number of hydrogen-bond acceptors (Lipinski definition) is 9. The first-order valence-electron chi connectivity index (χ1n) is 10.5. The van der Waals surface area contributed by atoms with Crippen LogP contribution in [0.2, 0.25) is 0 Å². The van der Waals surface area contributed by atoms with Gasteiger partial charge in [-0.3, -0.25) is 0 Å². The van der Waals surface area contributed by atoms with Crippen molar-refractivity contribution < 1.29 is 42.5 Å². The Kier molecular flexibility index (Phi) is 10.2. The van der Waals surface area contributed by atoms with Crippen molar-refractivity contribution >= 4 is 33.1 Å². The van der Waals surface area contributed by atoms with E-state index < -0.39 is 33.7 Å². The molecular weight excluding hydrogens is 482 g/mol. The zero-order chi connectivity index (χ0) is 25.8. The van der Waals surface area contributed by atoms with Crippen LogP contribution in [0.4, 0.5) is 4.79 Å². The number of rotatable bonds is 13. The van der Waals surface area contributed by atoms with Gasteiger partial charge >= 0.3 is 12.1 Å². The Bertz CT molecular complexity index is 1160. The highest BCUT2D eigenvalue weighted by molar-refractivity contribution is 7.90. The third-order valence-electron chi connectivity index (χ3n) is 4.75. The van der Waals surface area contributed by atoms with Crippen LogP contribution in [0.3, 0.4) is 0 Å². The number of ether oxygens (including phenoxy) is 2. The van der Waals surface area contributed by atoms with Crippen LogP contribution in [0, 0.1) is 10.1 Å². The molecule has 12 heteroatoms. The van der Waals surface area contributed by atoms with Gasteiger partial charge in [0.25, 0.3) is 5.09 Å². The van der Waals surface area contributed by atoms with Crippen molar-refractivity contribution in [1.82, 2.24) is 0 Å². The Morgan fingerprint density at radius 2 is 1.54 bits per heavy atom. The zero-order valence-corrected chi connectivity index (χ0v) is 19.7. The molecule has 0 spiro atoms. The van der Waals surface area contributed by atoms with Gasteiger partial charge in [-0.1, -0.05) is 42.5 Å². The minimum atomic E-state index is -3.46. The van der Waals surface area contributed by atoms with E-state index in [1.165, 1.54) is 24.3 Å². The van der Waals surface area contributed by atoms with Crippen LogP contribution in [-0.2, 0) is 28.9 Å². The summed E-state index contributed by atoms with van der Waals surface area (Å²) in [6.07, 6.45) is 1.40. The van der Waals surface area contributed by atoms with Crippen LogP contribution in [0.15, 0.2) is 59.5 Å². The maximum Gasteiger partial charge on any atom is 0.508 e. The number of carboxylic acid groups (broad SMARTS) is 1. The first-order valence-corrected chi connectivity index (χ1v) is 12.4. The Hall–Kier alpha value is -3.93. The lowest BCUT2D eigenvalue weighted by molar-refractivity contribution is -0.757. The number of carbonyl (C=O) groups is 2. The third-order valence-corrected chi connectivity index (χ3v) is 5.88. The molecule has 0 amide bonds. The van der Waals surface area contributed by atoms with E-state index in [9.17, 15) is 33.2 Å². The van der Waals surface area contributed by atoms with E-state index in [0.29, 0.717) is 30.4 Å². The summed E-state index contributed by atoms with van der Waals surface area (Å²) in [6, 6.07) is 13.8. The molecule has 0 saturated heterocycles. The summed E-state index contributed by atoms with van der Waals surface area (Å²) in [5, 5.41) is 19.1. The molecule has 0 saturated carbocycles. The molecule has 0 aliphatic carbocycles. The Balaban J connectivity index is 2.16. The first kappa shape index (κ1) is 27.3. The Labute approximate surface area is 202 Å². The largest absolute Gasteiger partial charge is 0.508 e. The van der Waals surface area contributed by atoms with E-state index in [0.717, 1.165) is 6.26 Å². The molecule has 0 atom stereocenters. The predicted octanol–water partition coefficient (Wildman–Crippen LogP) is 3.62. The van der Waals surface area contributed by atoms with Crippen LogP contribution in [-0.4, -0.2) is 56.8 Å². The molecule has 0 fully saturated rings. The van der Waals surface area contributed by atoms with Crippen molar-refractivity contribution in [3.8, 4) is 0 Å². The number of nitrogens with zero attached hydrogens (tertiary/aromatic N) is 1. The summed E-state index contributed by atoms with van der Waals surface area (Å²) >= 11 is 0. The number of aliphatic carboxylic acids is 1. The summed E-state index contributed by atoms with van der Waals surface area (Å²) in [5.41, 5.74) is 0.766. The van der Waals surface area contributed by atoms with Crippen LogP contribution in [0.25, 0.3) is 11.1 Å². The van der Waals surface area contributed by atoms with Gasteiger partial charge in [0.1, 0.15) is 6.61 Å². The summed E-state index contributed by atoms with van der Waals surface area (Å²) in [7, 11) is -3.46. The van der Waals surface area contributed by atoms with Gasteiger partial charge in [0.15, 0.2) is 9.84 Å². The molecular formula is C23H25NO10S. The average molecular weight is 508 g/mol. The molecule has 2 rings (SSSR count). The second kappa shape index (κ2) is 13.1. The van der Waals surface area contributed by atoms with Crippen LogP contribution in [0.5, 0.6) is 0 Å². The summed E-state index contributed by atoms with van der Waals surface area (Å²) in [5.74, 6) is -1.26. The van der Waals surface area contributed by atoms with Crippen molar-refractivity contribution in [3.63, 3.8) is 0 Å². The minimum Gasteiger partial charge on any atom is -0.478 e. The molecule has 0 bridgehead atoms. The lowest BCUT2D eigenvalue weighted by Gasteiger charge is -2.14. The van der Waals surface area contributed by atoms with Crippen molar-refractivity contribution in [1.29, 1.82) is 0 Å². The molecule has 2 aromatic carbocycles. The van der Waals surface area contributed by atoms with Crippen LogP contribution < -0.4 is 0 Å². The zero-order valence-electron chi connectivity index (χ0n) is 18.9.